The topological polar surface area (TPSA) is 58.7 Å². The van der Waals surface area contributed by atoms with Crippen molar-refractivity contribution < 1.29 is 4.79 Å². The maximum absolute atomic E-state index is 12.5. The van der Waals surface area contributed by atoms with Crippen LogP contribution >= 0.6 is 34.8 Å². The number of carbonyl (C=O) groups excluding carboxylic acids is 1. The van der Waals surface area contributed by atoms with Crippen LogP contribution in [0, 0.1) is 0 Å². The number of nitrogen functional groups attached to an aromatic ring is 1. The number of nitrogens with zero attached hydrogens (tertiary/aromatic N) is 2. The summed E-state index contributed by atoms with van der Waals surface area (Å²) in [6, 6.07) is 9.83. The number of hydrogen-bond acceptors (Lipinski definition) is 3. The highest BCUT2D eigenvalue weighted by atomic mass is 35.5. The molecule has 0 atom stereocenters. The van der Waals surface area contributed by atoms with Gasteiger partial charge in [-0.05, 0) is 42.8 Å². The Balaban J connectivity index is 2.36. The summed E-state index contributed by atoms with van der Waals surface area (Å²) in [6.45, 7) is 1.92. The van der Waals surface area contributed by atoms with E-state index in [1.54, 1.807) is 37.4 Å². The summed E-state index contributed by atoms with van der Waals surface area (Å²) in [6.07, 6.45) is 0.580. The zero-order valence-electron chi connectivity index (χ0n) is 13.2. The Kier molecular flexibility index (Phi) is 6.10. The van der Waals surface area contributed by atoms with Crippen molar-refractivity contribution in [1.29, 1.82) is 0 Å². The molecule has 2 N–H and O–H groups in total. The van der Waals surface area contributed by atoms with Crippen LogP contribution in [-0.4, -0.2) is 23.7 Å². The van der Waals surface area contributed by atoms with Gasteiger partial charge in [-0.25, -0.2) is 5.01 Å². The third kappa shape index (κ3) is 4.20. The van der Waals surface area contributed by atoms with Crippen molar-refractivity contribution in [3.63, 3.8) is 0 Å². The summed E-state index contributed by atoms with van der Waals surface area (Å²) in [5.41, 5.74) is 8.21. The van der Waals surface area contributed by atoms with Gasteiger partial charge in [-0.2, -0.15) is 5.10 Å². The first-order chi connectivity index (χ1) is 11.3. The molecule has 0 aliphatic heterocycles. The molecule has 0 radical (unpaired) electrons. The maximum Gasteiger partial charge on any atom is 0.275 e. The van der Waals surface area contributed by atoms with E-state index in [9.17, 15) is 4.79 Å². The minimum absolute atomic E-state index is 0.273. The van der Waals surface area contributed by atoms with Gasteiger partial charge < -0.3 is 5.73 Å². The molecule has 0 aromatic heterocycles. The standard InChI is InChI=1S/C17H16Cl3N3O/c1-3-16(13-8-10(18)5-7-15(13)21)22-23(2)17(24)12-6-4-11(19)9-14(12)20/h4-9H,3,21H2,1-2H3/b22-16+. The summed E-state index contributed by atoms with van der Waals surface area (Å²) >= 11 is 18.0. The molecule has 24 heavy (non-hydrogen) atoms. The lowest BCUT2D eigenvalue weighted by molar-refractivity contribution is 0.0799. The van der Waals surface area contributed by atoms with Crippen molar-refractivity contribution in [2.75, 3.05) is 12.8 Å². The number of halogens is 3. The Bertz CT molecular complexity index is 806. The number of hydrazone groups is 1. The van der Waals surface area contributed by atoms with Crippen LogP contribution in [0.3, 0.4) is 0 Å². The van der Waals surface area contributed by atoms with Crippen LogP contribution < -0.4 is 5.73 Å². The van der Waals surface area contributed by atoms with Crippen molar-refractivity contribution in [3.05, 3.63) is 62.6 Å². The molecule has 2 aromatic rings. The van der Waals surface area contributed by atoms with E-state index in [0.29, 0.717) is 39.0 Å². The lowest BCUT2D eigenvalue weighted by atomic mass is 10.1. The van der Waals surface area contributed by atoms with E-state index in [-0.39, 0.29) is 10.9 Å². The Morgan fingerprint density at radius 1 is 1.08 bits per heavy atom. The molecule has 0 fully saturated rings. The van der Waals surface area contributed by atoms with Crippen molar-refractivity contribution in [1.82, 2.24) is 5.01 Å². The Hall–Kier alpha value is -1.75. The van der Waals surface area contributed by atoms with E-state index in [2.05, 4.69) is 5.10 Å². The quantitative estimate of drug-likeness (QED) is 0.452. The molecular formula is C17H16Cl3N3O. The summed E-state index contributed by atoms with van der Waals surface area (Å²) < 4.78 is 0. The van der Waals surface area contributed by atoms with Crippen LogP contribution in [0.5, 0.6) is 0 Å². The first-order valence-corrected chi connectivity index (χ1v) is 8.32. The Morgan fingerprint density at radius 2 is 1.71 bits per heavy atom. The van der Waals surface area contributed by atoms with E-state index >= 15 is 0 Å². The van der Waals surface area contributed by atoms with E-state index in [1.807, 2.05) is 6.92 Å². The van der Waals surface area contributed by atoms with Crippen LogP contribution in [0.15, 0.2) is 41.5 Å². The molecule has 0 saturated heterocycles. The summed E-state index contributed by atoms with van der Waals surface area (Å²) in [5, 5.41) is 6.89. The molecule has 7 heteroatoms. The summed E-state index contributed by atoms with van der Waals surface area (Å²) in [7, 11) is 1.56. The van der Waals surface area contributed by atoms with Gasteiger partial charge in [0.15, 0.2) is 0 Å². The van der Waals surface area contributed by atoms with E-state index < -0.39 is 0 Å². The third-order valence-electron chi connectivity index (χ3n) is 3.39. The molecular weight excluding hydrogens is 369 g/mol. The average molecular weight is 385 g/mol. The van der Waals surface area contributed by atoms with Gasteiger partial charge in [-0.1, -0.05) is 41.7 Å². The molecule has 0 bridgehead atoms. The van der Waals surface area contributed by atoms with Crippen LogP contribution in [0.1, 0.15) is 29.3 Å². The van der Waals surface area contributed by atoms with Crippen LogP contribution in [0.25, 0.3) is 0 Å². The minimum Gasteiger partial charge on any atom is -0.398 e. The molecule has 0 unspecified atom stereocenters. The molecule has 2 rings (SSSR count). The number of nitrogens with two attached hydrogens (primary N) is 1. The molecule has 0 saturated carbocycles. The van der Waals surface area contributed by atoms with Gasteiger partial charge in [0, 0.05) is 28.3 Å². The number of anilines is 1. The highest BCUT2D eigenvalue weighted by Crippen LogP contribution is 2.23. The van der Waals surface area contributed by atoms with Gasteiger partial charge >= 0.3 is 0 Å². The van der Waals surface area contributed by atoms with Gasteiger partial charge in [0.1, 0.15) is 0 Å². The van der Waals surface area contributed by atoms with Crippen molar-refractivity contribution in [2.45, 2.75) is 13.3 Å². The zero-order chi connectivity index (χ0) is 17.9. The predicted octanol–water partition coefficient (Wildman–Crippen LogP) is 5.12. The van der Waals surface area contributed by atoms with Gasteiger partial charge in [0.2, 0.25) is 0 Å². The number of hydrogen-bond donors (Lipinski definition) is 1. The summed E-state index contributed by atoms with van der Waals surface area (Å²) in [4.78, 5) is 12.5. The molecule has 0 aliphatic rings. The van der Waals surface area contributed by atoms with E-state index in [1.165, 1.54) is 11.1 Å². The van der Waals surface area contributed by atoms with Gasteiger partial charge in [0.25, 0.3) is 5.91 Å². The molecule has 126 valence electrons. The number of carbonyl (C=O) groups is 1. The maximum atomic E-state index is 12.5. The molecule has 0 aliphatic carbocycles. The number of rotatable bonds is 4. The van der Waals surface area contributed by atoms with Crippen LogP contribution in [0.2, 0.25) is 15.1 Å². The lowest BCUT2D eigenvalue weighted by Gasteiger charge is -2.16. The first kappa shape index (κ1) is 18.6. The fourth-order valence-corrected chi connectivity index (χ4v) is 2.82. The van der Waals surface area contributed by atoms with Crippen molar-refractivity contribution in [3.8, 4) is 0 Å². The Labute approximate surface area is 155 Å². The van der Waals surface area contributed by atoms with E-state index in [4.69, 9.17) is 40.5 Å². The highest BCUT2D eigenvalue weighted by molar-refractivity contribution is 6.36. The van der Waals surface area contributed by atoms with Crippen LogP contribution in [0.4, 0.5) is 5.69 Å². The minimum atomic E-state index is -0.344. The fraction of sp³-hybridized carbons (Fsp3) is 0.176. The second kappa shape index (κ2) is 7.88. The number of benzene rings is 2. The fourth-order valence-electron chi connectivity index (χ4n) is 2.16. The van der Waals surface area contributed by atoms with Crippen LogP contribution in [-0.2, 0) is 0 Å². The second-order valence-corrected chi connectivity index (χ2v) is 6.36. The second-order valence-electron chi connectivity index (χ2n) is 5.08. The zero-order valence-corrected chi connectivity index (χ0v) is 15.5. The average Bonchev–Trinajstić information content (AvgIpc) is 2.54. The monoisotopic (exact) mass is 383 g/mol. The predicted molar refractivity (Wildman–Crippen MR) is 101 cm³/mol. The van der Waals surface area contributed by atoms with E-state index in [0.717, 1.165) is 0 Å². The molecule has 0 spiro atoms. The smallest absolute Gasteiger partial charge is 0.275 e. The van der Waals surface area contributed by atoms with Crippen molar-refractivity contribution >= 4 is 52.1 Å². The largest absolute Gasteiger partial charge is 0.398 e. The van der Waals surface area contributed by atoms with Crippen molar-refractivity contribution in [2.24, 2.45) is 5.10 Å². The Morgan fingerprint density at radius 3 is 2.33 bits per heavy atom. The molecule has 1 amide bonds. The molecule has 4 nitrogen and oxygen atoms in total. The normalized spacial score (nSPS) is 11.5. The molecule has 0 heterocycles. The van der Waals surface area contributed by atoms with Gasteiger partial charge in [0.05, 0.1) is 16.3 Å². The lowest BCUT2D eigenvalue weighted by Crippen LogP contribution is -2.24. The van der Waals surface area contributed by atoms with Gasteiger partial charge in [-0.15, -0.1) is 0 Å². The molecule has 2 aromatic carbocycles. The number of amides is 1. The SMILES string of the molecule is CC/C(=N\N(C)C(=O)c1ccc(Cl)cc1Cl)c1cc(Cl)ccc1N. The third-order valence-corrected chi connectivity index (χ3v) is 4.17. The first-order valence-electron chi connectivity index (χ1n) is 7.19. The van der Waals surface area contributed by atoms with Gasteiger partial charge in [-0.3, -0.25) is 4.79 Å². The highest BCUT2D eigenvalue weighted by Gasteiger charge is 2.16. The summed E-state index contributed by atoms with van der Waals surface area (Å²) in [5.74, 6) is -0.344.